The van der Waals surface area contributed by atoms with Gasteiger partial charge in [0.05, 0.1) is 5.56 Å². The van der Waals surface area contributed by atoms with Gasteiger partial charge in [0.1, 0.15) is 0 Å². The fourth-order valence-corrected chi connectivity index (χ4v) is 1.48. The Labute approximate surface area is 125 Å². The molecule has 0 N–H and O–H groups in total. The summed E-state index contributed by atoms with van der Waals surface area (Å²) in [5.41, 5.74) is -0.0127. The summed E-state index contributed by atoms with van der Waals surface area (Å²) in [6.07, 6.45) is -1.42. The molecule has 0 aliphatic heterocycles. The zero-order valence-electron chi connectivity index (χ0n) is 12.2. The molecular weight excluding hydrogens is 296 g/mol. The Kier molecular flexibility index (Phi) is 6.06. The van der Waals surface area contributed by atoms with Gasteiger partial charge in [-0.05, 0) is 6.07 Å². The Morgan fingerprint density at radius 2 is 1.36 bits per heavy atom. The van der Waals surface area contributed by atoms with Gasteiger partial charge in [0, 0.05) is 26.3 Å². The van der Waals surface area contributed by atoms with Crippen molar-refractivity contribution in [3.63, 3.8) is 0 Å². The molecule has 118 valence electrons. The van der Waals surface area contributed by atoms with Crippen LogP contribution in [0.1, 0.15) is 43.0 Å². The first-order valence-electron chi connectivity index (χ1n) is 6.14. The molecule has 0 saturated heterocycles. The molecule has 0 aliphatic rings. The van der Waals surface area contributed by atoms with E-state index in [0.29, 0.717) is 0 Å². The van der Waals surface area contributed by atoms with Crippen LogP contribution in [0.4, 0.5) is 0 Å². The van der Waals surface area contributed by atoms with E-state index in [1.807, 2.05) is 0 Å². The maximum Gasteiger partial charge on any atom is 0.386 e. The summed E-state index contributed by atoms with van der Waals surface area (Å²) in [5.74, 6) is -3.25. The van der Waals surface area contributed by atoms with Crippen LogP contribution >= 0.6 is 0 Å². The second-order valence-corrected chi connectivity index (χ2v) is 4.08. The third-order valence-corrected chi connectivity index (χ3v) is 2.22. The van der Waals surface area contributed by atoms with Crippen LogP contribution in [0, 0.1) is 0 Å². The van der Waals surface area contributed by atoms with E-state index in [1.54, 1.807) is 0 Å². The fourth-order valence-electron chi connectivity index (χ4n) is 1.48. The maximum absolute atomic E-state index is 11.9. The summed E-state index contributed by atoms with van der Waals surface area (Å²) >= 11 is 0. The van der Waals surface area contributed by atoms with Crippen molar-refractivity contribution >= 4 is 23.9 Å². The van der Waals surface area contributed by atoms with Gasteiger partial charge in [0.15, 0.2) is 0 Å². The number of rotatable bonds is 4. The molecule has 0 unspecified atom stereocenters. The summed E-state index contributed by atoms with van der Waals surface area (Å²) in [6, 6.07) is 5.78. The third-order valence-electron chi connectivity index (χ3n) is 2.22. The summed E-state index contributed by atoms with van der Waals surface area (Å²) < 4.78 is 9.73. The molecule has 22 heavy (non-hydrogen) atoms. The van der Waals surface area contributed by atoms with Crippen LogP contribution in [-0.4, -0.2) is 23.9 Å². The monoisotopic (exact) mass is 310 g/mol. The molecule has 0 radical (unpaired) electrons. The van der Waals surface area contributed by atoms with Crippen LogP contribution in [0.15, 0.2) is 24.3 Å². The average Bonchev–Trinajstić information content (AvgIpc) is 2.43. The van der Waals surface area contributed by atoms with E-state index in [1.165, 1.54) is 24.3 Å². The Hall–Kier alpha value is -2.90. The van der Waals surface area contributed by atoms with Gasteiger partial charge in [-0.2, -0.15) is 0 Å². The van der Waals surface area contributed by atoms with E-state index in [4.69, 9.17) is 9.47 Å². The third kappa shape index (κ3) is 5.23. The van der Waals surface area contributed by atoms with Crippen molar-refractivity contribution in [1.29, 1.82) is 0 Å². The van der Waals surface area contributed by atoms with E-state index >= 15 is 0 Å². The Bertz CT molecular complexity index is 576. The SMILES string of the molecule is CC(=O)OOC(=O)c1ccccc1C(OC(C)=O)OC(C)=O. The highest BCUT2D eigenvalue weighted by Gasteiger charge is 2.25. The van der Waals surface area contributed by atoms with Crippen molar-refractivity contribution < 1.29 is 38.4 Å². The summed E-state index contributed by atoms with van der Waals surface area (Å²) in [7, 11) is 0. The standard InChI is InChI=1S/C14H14O8/c1-8(15)19-14(20-9(2)16)12-7-5-4-6-11(12)13(18)22-21-10(3)17/h4-7,14H,1-3H3. The van der Waals surface area contributed by atoms with E-state index in [9.17, 15) is 19.2 Å². The lowest BCUT2D eigenvalue weighted by atomic mass is 10.1. The van der Waals surface area contributed by atoms with E-state index in [2.05, 4.69) is 9.78 Å². The molecule has 8 nitrogen and oxygen atoms in total. The van der Waals surface area contributed by atoms with Crippen LogP contribution in [-0.2, 0) is 33.6 Å². The van der Waals surface area contributed by atoms with Gasteiger partial charge < -0.3 is 9.47 Å². The van der Waals surface area contributed by atoms with Crippen molar-refractivity contribution in [2.24, 2.45) is 0 Å². The lowest BCUT2D eigenvalue weighted by Crippen LogP contribution is -2.19. The second kappa shape index (κ2) is 7.77. The molecule has 0 atom stereocenters. The van der Waals surface area contributed by atoms with E-state index in [-0.39, 0.29) is 11.1 Å². The van der Waals surface area contributed by atoms with Gasteiger partial charge in [0.2, 0.25) is 0 Å². The molecule has 0 fully saturated rings. The molecular formula is C14H14O8. The van der Waals surface area contributed by atoms with Crippen LogP contribution in [0.3, 0.4) is 0 Å². The molecule has 0 saturated carbocycles. The zero-order chi connectivity index (χ0) is 16.7. The largest absolute Gasteiger partial charge is 0.421 e. The topological polar surface area (TPSA) is 105 Å². The van der Waals surface area contributed by atoms with Crippen molar-refractivity contribution in [3.05, 3.63) is 35.4 Å². The zero-order valence-corrected chi connectivity index (χ0v) is 12.2. The fraction of sp³-hybridized carbons (Fsp3) is 0.286. The van der Waals surface area contributed by atoms with E-state index < -0.39 is 30.2 Å². The van der Waals surface area contributed by atoms with Gasteiger partial charge in [-0.25, -0.2) is 19.4 Å². The first-order valence-corrected chi connectivity index (χ1v) is 6.14. The van der Waals surface area contributed by atoms with Crippen molar-refractivity contribution in [2.75, 3.05) is 0 Å². The van der Waals surface area contributed by atoms with Gasteiger partial charge in [0.25, 0.3) is 6.29 Å². The van der Waals surface area contributed by atoms with Crippen molar-refractivity contribution in [3.8, 4) is 0 Å². The maximum atomic E-state index is 11.9. The summed E-state index contributed by atoms with van der Waals surface area (Å²) in [6.45, 7) is 3.30. The first-order chi connectivity index (χ1) is 10.3. The molecule has 0 aliphatic carbocycles. The summed E-state index contributed by atoms with van der Waals surface area (Å²) in [5, 5.41) is 0. The molecule has 0 aromatic heterocycles. The minimum Gasteiger partial charge on any atom is -0.421 e. The van der Waals surface area contributed by atoms with Gasteiger partial charge in [-0.15, -0.1) is 0 Å². The molecule has 0 amide bonds. The number of ether oxygens (including phenoxy) is 2. The predicted molar refractivity (Wildman–Crippen MR) is 69.9 cm³/mol. The number of carbonyl (C=O) groups is 4. The summed E-state index contributed by atoms with van der Waals surface area (Å²) in [4.78, 5) is 53.2. The number of hydrogen-bond acceptors (Lipinski definition) is 8. The molecule has 1 aromatic rings. The van der Waals surface area contributed by atoms with Gasteiger partial charge in [-0.3, -0.25) is 9.59 Å². The average molecular weight is 310 g/mol. The molecule has 1 aromatic carbocycles. The number of hydrogen-bond donors (Lipinski definition) is 0. The number of carbonyl (C=O) groups excluding carboxylic acids is 4. The second-order valence-electron chi connectivity index (χ2n) is 4.08. The molecule has 0 bridgehead atoms. The van der Waals surface area contributed by atoms with Gasteiger partial charge in [-0.1, -0.05) is 18.2 Å². The smallest absolute Gasteiger partial charge is 0.386 e. The predicted octanol–water partition coefficient (Wildman–Crippen LogP) is 1.45. The number of esters is 2. The Morgan fingerprint density at radius 1 is 0.818 bits per heavy atom. The minimum atomic E-state index is -1.42. The first kappa shape index (κ1) is 17.2. The molecule has 8 heteroatoms. The molecule has 1 rings (SSSR count). The van der Waals surface area contributed by atoms with Crippen molar-refractivity contribution in [2.45, 2.75) is 27.1 Å². The normalized spacial score (nSPS) is 9.82. The van der Waals surface area contributed by atoms with Crippen LogP contribution in [0.5, 0.6) is 0 Å². The Balaban J connectivity index is 3.09. The molecule has 0 heterocycles. The number of benzene rings is 1. The lowest BCUT2D eigenvalue weighted by Gasteiger charge is -2.18. The molecule has 0 spiro atoms. The highest BCUT2D eigenvalue weighted by atomic mass is 17.2. The van der Waals surface area contributed by atoms with Gasteiger partial charge >= 0.3 is 23.9 Å². The highest BCUT2D eigenvalue weighted by molar-refractivity contribution is 5.91. The van der Waals surface area contributed by atoms with Crippen molar-refractivity contribution in [1.82, 2.24) is 0 Å². The quantitative estimate of drug-likeness (QED) is 0.356. The lowest BCUT2D eigenvalue weighted by molar-refractivity contribution is -0.231. The van der Waals surface area contributed by atoms with Crippen LogP contribution in [0.2, 0.25) is 0 Å². The van der Waals surface area contributed by atoms with Crippen LogP contribution in [0.25, 0.3) is 0 Å². The minimum absolute atomic E-state index is 0.0741. The Morgan fingerprint density at radius 3 is 1.86 bits per heavy atom. The highest BCUT2D eigenvalue weighted by Crippen LogP contribution is 2.24. The van der Waals surface area contributed by atoms with Crippen LogP contribution < -0.4 is 0 Å². The van der Waals surface area contributed by atoms with E-state index in [0.717, 1.165) is 20.8 Å².